The molecule has 0 saturated carbocycles. The van der Waals surface area contributed by atoms with E-state index in [0.29, 0.717) is 6.54 Å². The number of aliphatic hydroxyl groups excluding tert-OH is 1. The van der Waals surface area contributed by atoms with Crippen LogP contribution in [0.5, 0.6) is 0 Å². The van der Waals surface area contributed by atoms with E-state index in [2.05, 4.69) is 21.2 Å². The molecule has 1 amide bonds. The summed E-state index contributed by atoms with van der Waals surface area (Å²) in [6, 6.07) is 7.06. The number of benzene rings is 1. The lowest BCUT2D eigenvalue weighted by atomic mass is 10.1. The van der Waals surface area contributed by atoms with E-state index in [4.69, 9.17) is 10.8 Å². The Morgan fingerprint density at radius 1 is 1.44 bits per heavy atom. The summed E-state index contributed by atoms with van der Waals surface area (Å²) in [7, 11) is 0. The first-order chi connectivity index (χ1) is 7.63. The van der Waals surface area contributed by atoms with Crippen LogP contribution in [0.1, 0.15) is 5.56 Å². The highest BCUT2D eigenvalue weighted by atomic mass is 79.9. The molecule has 0 aliphatic carbocycles. The van der Waals surface area contributed by atoms with Gasteiger partial charge < -0.3 is 16.2 Å². The smallest absolute Gasteiger partial charge is 0.239 e. The highest BCUT2D eigenvalue weighted by Gasteiger charge is 2.10. The Morgan fingerprint density at radius 2 is 2.06 bits per heavy atom. The Hall–Kier alpha value is -0.910. The summed E-state index contributed by atoms with van der Waals surface area (Å²) >= 11 is 3.35. The van der Waals surface area contributed by atoms with Crippen LogP contribution in [0.4, 0.5) is 0 Å². The second-order valence-electron chi connectivity index (χ2n) is 3.46. The van der Waals surface area contributed by atoms with Gasteiger partial charge >= 0.3 is 0 Å². The van der Waals surface area contributed by atoms with Crippen LogP contribution < -0.4 is 11.1 Å². The van der Waals surface area contributed by atoms with Gasteiger partial charge in [-0.3, -0.25) is 4.79 Å². The number of carbonyl (C=O) groups is 1. The number of halogens is 1. The highest BCUT2D eigenvalue weighted by molar-refractivity contribution is 9.10. The Bertz CT molecular complexity index is 340. The molecule has 0 aliphatic heterocycles. The van der Waals surface area contributed by atoms with Gasteiger partial charge in [0, 0.05) is 11.0 Å². The van der Waals surface area contributed by atoms with Crippen LogP contribution in [0.2, 0.25) is 0 Å². The van der Waals surface area contributed by atoms with Crippen molar-refractivity contribution in [3.8, 4) is 0 Å². The van der Waals surface area contributed by atoms with Crippen molar-refractivity contribution < 1.29 is 9.90 Å². The summed E-state index contributed by atoms with van der Waals surface area (Å²) in [5.74, 6) is -0.320. The van der Waals surface area contributed by atoms with Crippen molar-refractivity contribution in [3.63, 3.8) is 0 Å². The minimum absolute atomic E-state index is 0.320. The van der Waals surface area contributed by atoms with Crippen molar-refractivity contribution in [2.75, 3.05) is 13.2 Å². The van der Waals surface area contributed by atoms with Gasteiger partial charge in [-0.15, -0.1) is 0 Å². The molecule has 4 N–H and O–H groups in total. The Labute approximate surface area is 103 Å². The molecule has 0 bridgehead atoms. The molecule has 0 heterocycles. The minimum atomic E-state index is -0.829. The van der Waals surface area contributed by atoms with E-state index in [1.54, 1.807) is 0 Å². The summed E-state index contributed by atoms with van der Waals surface area (Å²) in [5.41, 5.74) is 6.49. The third-order valence-electron chi connectivity index (χ3n) is 2.16. The SMILES string of the molecule is NC(CO)C(=O)NCCc1ccc(Br)cc1. The predicted octanol–water partition coefficient (Wildman–Crippen LogP) is 0.427. The van der Waals surface area contributed by atoms with E-state index in [0.717, 1.165) is 16.5 Å². The summed E-state index contributed by atoms with van der Waals surface area (Å²) in [4.78, 5) is 11.2. The highest BCUT2D eigenvalue weighted by Crippen LogP contribution is 2.10. The molecule has 0 radical (unpaired) electrons. The number of hydrogen-bond acceptors (Lipinski definition) is 3. The lowest BCUT2D eigenvalue weighted by Crippen LogP contribution is -2.43. The third-order valence-corrected chi connectivity index (χ3v) is 2.69. The molecule has 0 aliphatic rings. The second kappa shape index (κ2) is 6.62. The zero-order valence-electron chi connectivity index (χ0n) is 8.82. The second-order valence-corrected chi connectivity index (χ2v) is 4.37. The van der Waals surface area contributed by atoms with Gasteiger partial charge in [-0.1, -0.05) is 28.1 Å². The number of amides is 1. The molecule has 1 rings (SSSR count). The average molecular weight is 287 g/mol. The number of nitrogens with two attached hydrogens (primary N) is 1. The summed E-state index contributed by atoms with van der Waals surface area (Å²) in [5, 5.41) is 11.3. The van der Waals surface area contributed by atoms with Crippen LogP contribution >= 0.6 is 15.9 Å². The molecular weight excluding hydrogens is 272 g/mol. The van der Waals surface area contributed by atoms with E-state index >= 15 is 0 Å². The average Bonchev–Trinajstić information content (AvgIpc) is 2.30. The van der Waals surface area contributed by atoms with Crippen molar-refractivity contribution in [3.05, 3.63) is 34.3 Å². The zero-order valence-corrected chi connectivity index (χ0v) is 10.4. The van der Waals surface area contributed by atoms with E-state index in [1.807, 2.05) is 24.3 Å². The number of aliphatic hydroxyl groups is 1. The standard InChI is InChI=1S/C11H15BrN2O2/c12-9-3-1-8(2-4-9)5-6-14-11(16)10(13)7-15/h1-4,10,15H,5-7,13H2,(H,14,16). The maximum Gasteiger partial charge on any atom is 0.239 e. The van der Waals surface area contributed by atoms with Gasteiger partial charge in [0.15, 0.2) is 0 Å². The Balaban J connectivity index is 2.30. The van der Waals surface area contributed by atoms with Crippen LogP contribution in [0.15, 0.2) is 28.7 Å². The van der Waals surface area contributed by atoms with E-state index in [-0.39, 0.29) is 12.5 Å². The molecule has 0 spiro atoms. The third kappa shape index (κ3) is 4.30. The van der Waals surface area contributed by atoms with Gasteiger partial charge in [-0.05, 0) is 24.1 Å². The van der Waals surface area contributed by atoms with Crippen molar-refractivity contribution in [2.24, 2.45) is 5.73 Å². The maximum absolute atomic E-state index is 11.2. The molecule has 88 valence electrons. The van der Waals surface area contributed by atoms with Gasteiger partial charge in [-0.2, -0.15) is 0 Å². The Morgan fingerprint density at radius 3 is 2.62 bits per heavy atom. The number of nitrogens with one attached hydrogen (secondary N) is 1. The fraction of sp³-hybridized carbons (Fsp3) is 0.364. The van der Waals surface area contributed by atoms with E-state index in [1.165, 1.54) is 0 Å². The molecule has 1 aromatic carbocycles. The molecule has 1 unspecified atom stereocenters. The van der Waals surface area contributed by atoms with E-state index < -0.39 is 6.04 Å². The normalized spacial score (nSPS) is 12.2. The summed E-state index contributed by atoms with van der Waals surface area (Å²) in [6.07, 6.45) is 0.747. The molecule has 0 fully saturated rings. The van der Waals surface area contributed by atoms with Crippen LogP contribution in [-0.4, -0.2) is 30.2 Å². The van der Waals surface area contributed by atoms with E-state index in [9.17, 15) is 4.79 Å². The first kappa shape index (κ1) is 13.2. The zero-order chi connectivity index (χ0) is 12.0. The monoisotopic (exact) mass is 286 g/mol. The number of rotatable bonds is 5. The fourth-order valence-corrected chi connectivity index (χ4v) is 1.46. The minimum Gasteiger partial charge on any atom is -0.394 e. The molecule has 1 aromatic rings. The molecule has 0 saturated heterocycles. The van der Waals surface area contributed by atoms with Gasteiger partial charge in [0.05, 0.1) is 6.61 Å². The van der Waals surface area contributed by atoms with Crippen LogP contribution in [-0.2, 0) is 11.2 Å². The van der Waals surface area contributed by atoms with Crippen molar-refractivity contribution in [1.29, 1.82) is 0 Å². The lowest BCUT2D eigenvalue weighted by molar-refractivity contribution is -0.123. The summed E-state index contributed by atoms with van der Waals surface area (Å²) in [6.45, 7) is 0.193. The van der Waals surface area contributed by atoms with Gasteiger partial charge in [0.1, 0.15) is 6.04 Å². The van der Waals surface area contributed by atoms with Crippen molar-refractivity contribution in [1.82, 2.24) is 5.32 Å². The van der Waals surface area contributed by atoms with Crippen molar-refractivity contribution >= 4 is 21.8 Å². The first-order valence-corrected chi connectivity index (χ1v) is 5.81. The molecule has 5 heteroatoms. The van der Waals surface area contributed by atoms with Crippen LogP contribution in [0.3, 0.4) is 0 Å². The van der Waals surface area contributed by atoms with Gasteiger partial charge in [-0.25, -0.2) is 0 Å². The molecule has 1 atom stereocenters. The number of carbonyl (C=O) groups excluding carboxylic acids is 1. The fourth-order valence-electron chi connectivity index (χ4n) is 1.20. The topological polar surface area (TPSA) is 75.3 Å². The lowest BCUT2D eigenvalue weighted by Gasteiger charge is -2.09. The van der Waals surface area contributed by atoms with Crippen molar-refractivity contribution in [2.45, 2.75) is 12.5 Å². The largest absolute Gasteiger partial charge is 0.394 e. The van der Waals surface area contributed by atoms with Gasteiger partial charge in [0.2, 0.25) is 5.91 Å². The Kier molecular flexibility index (Phi) is 5.45. The van der Waals surface area contributed by atoms with Gasteiger partial charge in [0.25, 0.3) is 0 Å². The predicted molar refractivity (Wildman–Crippen MR) is 65.9 cm³/mol. The van der Waals surface area contributed by atoms with Crippen LogP contribution in [0.25, 0.3) is 0 Å². The molecule has 16 heavy (non-hydrogen) atoms. The molecule has 0 aromatic heterocycles. The molecule has 4 nitrogen and oxygen atoms in total. The quantitative estimate of drug-likeness (QED) is 0.735. The van der Waals surface area contributed by atoms with Crippen LogP contribution in [0, 0.1) is 0 Å². The number of hydrogen-bond donors (Lipinski definition) is 3. The first-order valence-electron chi connectivity index (χ1n) is 5.02. The summed E-state index contributed by atoms with van der Waals surface area (Å²) < 4.78 is 1.03. The molecular formula is C11H15BrN2O2. The maximum atomic E-state index is 11.2.